The lowest BCUT2D eigenvalue weighted by atomic mass is 10.2. The molecule has 0 aliphatic carbocycles. The van der Waals surface area contributed by atoms with Crippen molar-refractivity contribution in [2.24, 2.45) is 0 Å². The first-order valence-electron chi connectivity index (χ1n) is 3.69. The van der Waals surface area contributed by atoms with E-state index in [4.69, 9.17) is 0 Å². The van der Waals surface area contributed by atoms with Crippen molar-refractivity contribution in [1.82, 2.24) is 4.98 Å². The zero-order valence-electron chi connectivity index (χ0n) is 7.43. The Balaban J connectivity index is 3.34. The number of esters is 1. The van der Waals surface area contributed by atoms with Crippen molar-refractivity contribution >= 4 is 5.97 Å². The van der Waals surface area contributed by atoms with Crippen LogP contribution in [0.25, 0.3) is 0 Å². The topological polar surface area (TPSA) is 39.2 Å². The van der Waals surface area contributed by atoms with Gasteiger partial charge in [0, 0.05) is 6.07 Å². The van der Waals surface area contributed by atoms with Crippen LogP contribution in [-0.2, 0) is 4.74 Å². The minimum atomic E-state index is -3.30. The Morgan fingerprint density at radius 1 is 1.47 bits per heavy atom. The largest absolute Gasteiger partial charge is 0.465 e. The predicted octanol–water partition coefficient (Wildman–Crippen LogP) is 2.08. The Morgan fingerprint density at radius 2 is 2.07 bits per heavy atom. The molecular formula is C8H5F4NO2. The molecule has 0 spiro atoms. The second-order valence-electron chi connectivity index (χ2n) is 2.48. The molecule has 1 heterocycles. The third kappa shape index (κ3) is 2.23. The molecule has 0 bridgehead atoms. The van der Waals surface area contributed by atoms with E-state index in [1.807, 2.05) is 0 Å². The van der Waals surface area contributed by atoms with Crippen LogP contribution in [0.2, 0.25) is 0 Å². The molecule has 0 aliphatic heterocycles. The number of nitrogens with zero attached hydrogens (tertiary/aromatic N) is 1. The highest BCUT2D eigenvalue weighted by Crippen LogP contribution is 2.23. The van der Waals surface area contributed by atoms with E-state index in [1.54, 1.807) is 0 Å². The monoisotopic (exact) mass is 223 g/mol. The van der Waals surface area contributed by atoms with Crippen LogP contribution in [-0.4, -0.2) is 18.1 Å². The normalized spacial score (nSPS) is 10.5. The highest BCUT2D eigenvalue weighted by molar-refractivity contribution is 5.89. The van der Waals surface area contributed by atoms with Crippen molar-refractivity contribution in [1.29, 1.82) is 0 Å². The molecule has 0 radical (unpaired) electrons. The van der Waals surface area contributed by atoms with E-state index in [0.29, 0.717) is 6.07 Å². The molecule has 0 atom stereocenters. The zero-order valence-corrected chi connectivity index (χ0v) is 7.43. The maximum atomic E-state index is 13.1. The standard InChI is InChI=1S/C8H5F4NO2/c1-15-8(14)3-2-4(9)13-6(5(3)10)7(11)12/h2,7H,1H3. The van der Waals surface area contributed by atoms with Gasteiger partial charge in [-0.3, -0.25) is 0 Å². The van der Waals surface area contributed by atoms with E-state index >= 15 is 0 Å². The predicted molar refractivity (Wildman–Crippen MR) is 40.4 cm³/mol. The molecule has 0 fully saturated rings. The van der Waals surface area contributed by atoms with Gasteiger partial charge in [-0.25, -0.2) is 22.9 Å². The van der Waals surface area contributed by atoms with Gasteiger partial charge < -0.3 is 4.74 Å². The SMILES string of the molecule is COC(=O)c1cc(F)nc(C(F)F)c1F. The minimum Gasteiger partial charge on any atom is -0.465 e. The van der Waals surface area contributed by atoms with E-state index in [9.17, 15) is 22.4 Å². The highest BCUT2D eigenvalue weighted by atomic mass is 19.3. The smallest absolute Gasteiger partial charge is 0.341 e. The van der Waals surface area contributed by atoms with E-state index in [1.165, 1.54) is 0 Å². The summed E-state index contributed by atoms with van der Waals surface area (Å²) in [5, 5.41) is 0. The number of hydrogen-bond donors (Lipinski definition) is 0. The molecule has 0 amide bonds. The van der Waals surface area contributed by atoms with Gasteiger partial charge in [0.25, 0.3) is 6.43 Å². The van der Waals surface area contributed by atoms with Crippen LogP contribution < -0.4 is 0 Å². The van der Waals surface area contributed by atoms with Gasteiger partial charge in [0.2, 0.25) is 5.95 Å². The van der Waals surface area contributed by atoms with Gasteiger partial charge in [-0.1, -0.05) is 0 Å². The fraction of sp³-hybridized carbons (Fsp3) is 0.250. The third-order valence-corrected chi connectivity index (χ3v) is 1.56. The number of rotatable bonds is 2. The minimum absolute atomic E-state index is 0.396. The number of hydrogen-bond acceptors (Lipinski definition) is 3. The van der Waals surface area contributed by atoms with Gasteiger partial charge in [0.1, 0.15) is 11.3 Å². The summed E-state index contributed by atoms with van der Waals surface area (Å²) in [5.74, 6) is -4.18. The second-order valence-corrected chi connectivity index (χ2v) is 2.48. The summed E-state index contributed by atoms with van der Waals surface area (Å²) >= 11 is 0. The average Bonchev–Trinajstić information content (AvgIpc) is 2.19. The average molecular weight is 223 g/mol. The summed E-state index contributed by atoms with van der Waals surface area (Å²) in [6, 6.07) is 0.396. The Morgan fingerprint density at radius 3 is 2.53 bits per heavy atom. The molecule has 1 aromatic rings. The fourth-order valence-electron chi connectivity index (χ4n) is 0.920. The first kappa shape index (κ1) is 11.4. The lowest BCUT2D eigenvalue weighted by molar-refractivity contribution is 0.0592. The van der Waals surface area contributed by atoms with Gasteiger partial charge in [-0.2, -0.15) is 4.39 Å². The third-order valence-electron chi connectivity index (χ3n) is 1.56. The van der Waals surface area contributed by atoms with Crippen molar-refractivity contribution in [2.75, 3.05) is 7.11 Å². The summed E-state index contributed by atoms with van der Waals surface area (Å²) in [6.45, 7) is 0. The molecule has 1 aromatic heterocycles. The Labute approximate surface area is 81.7 Å². The number of aromatic nitrogens is 1. The molecule has 7 heteroatoms. The van der Waals surface area contributed by atoms with E-state index < -0.39 is 35.4 Å². The van der Waals surface area contributed by atoms with Crippen LogP contribution in [0.3, 0.4) is 0 Å². The van der Waals surface area contributed by atoms with Gasteiger partial charge in [-0.05, 0) is 0 Å². The van der Waals surface area contributed by atoms with Gasteiger partial charge in [0.05, 0.1) is 7.11 Å². The van der Waals surface area contributed by atoms with Crippen LogP contribution in [0.1, 0.15) is 22.5 Å². The Hall–Kier alpha value is -1.66. The number of ether oxygens (including phenoxy) is 1. The van der Waals surface area contributed by atoms with Crippen LogP contribution in [0.15, 0.2) is 6.07 Å². The van der Waals surface area contributed by atoms with E-state index in [-0.39, 0.29) is 0 Å². The van der Waals surface area contributed by atoms with Crippen molar-refractivity contribution in [3.63, 3.8) is 0 Å². The van der Waals surface area contributed by atoms with Crippen LogP contribution >= 0.6 is 0 Å². The molecular weight excluding hydrogens is 218 g/mol. The quantitative estimate of drug-likeness (QED) is 0.437. The summed E-state index contributed by atoms with van der Waals surface area (Å²) < 4.78 is 54.1. The molecule has 0 aliphatic rings. The molecule has 0 saturated carbocycles. The summed E-state index contributed by atoms with van der Waals surface area (Å²) in [7, 11) is 0.919. The molecule has 0 saturated heterocycles. The van der Waals surface area contributed by atoms with E-state index in [0.717, 1.165) is 7.11 Å². The highest BCUT2D eigenvalue weighted by Gasteiger charge is 2.24. The first-order valence-corrected chi connectivity index (χ1v) is 3.69. The van der Waals surface area contributed by atoms with Gasteiger partial charge in [-0.15, -0.1) is 0 Å². The zero-order chi connectivity index (χ0) is 11.6. The number of halogens is 4. The summed E-state index contributed by atoms with van der Waals surface area (Å²) in [6.07, 6.45) is -3.30. The molecule has 0 aromatic carbocycles. The van der Waals surface area contributed by atoms with Crippen molar-refractivity contribution in [3.05, 3.63) is 29.1 Å². The maximum Gasteiger partial charge on any atom is 0.341 e. The second kappa shape index (κ2) is 4.24. The number of pyridine rings is 1. The molecule has 3 nitrogen and oxygen atoms in total. The number of alkyl halides is 2. The lowest BCUT2D eigenvalue weighted by Crippen LogP contribution is -2.10. The van der Waals surface area contributed by atoms with Crippen LogP contribution in [0.5, 0.6) is 0 Å². The van der Waals surface area contributed by atoms with Crippen molar-refractivity contribution < 1.29 is 27.1 Å². The first-order chi connectivity index (χ1) is 6.97. The van der Waals surface area contributed by atoms with Crippen LogP contribution in [0.4, 0.5) is 17.6 Å². The number of carbonyl (C=O) groups excluding carboxylic acids is 1. The maximum absolute atomic E-state index is 13.1. The Bertz CT molecular complexity index is 394. The molecule has 15 heavy (non-hydrogen) atoms. The van der Waals surface area contributed by atoms with Crippen molar-refractivity contribution in [3.8, 4) is 0 Å². The van der Waals surface area contributed by atoms with Gasteiger partial charge in [0.15, 0.2) is 5.82 Å². The lowest BCUT2D eigenvalue weighted by Gasteiger charge is -2.05. The summed E-state index contributed by atoms with van der Waals surface area (Å²) in [5.41, 5.74) is -2.31. The molecule has 0 unspecified atom stereocenters. The number of carbonyl (C=O) groups is 1. The molecule has 0 N–H and O–H groups in total. The molecule has 82 valence electrons. The van der Waals surface area contributed by atoms with Crippen LogP contribution in [0, 0.1) is 11.8 Å². The fourth-order valence-corrected chi connectivity index (χ4v) is 0.920. The van der Waals surface area contributed by atoms with Gasteiger partial charge >= 0.3 is 5.97 Å². The van der Waals surface area contributed by atoms with E-state index in [2.05, 4.69) is 9.72 Å². The summed E-state index contributed by atoms with van der Waals surface area (Å²) in [4.78, 5) is 13.5. The van der Waals surface area contributed by atoms with Crippen molar-refractivity contribution in [2.45, 2.75) is 6.43 Å². The number of methoxy groups -OCH3 is 1. The molecule has 1 rings (SSSR count). The Kier molecular flexibility index (Phi) is 3.23.